The van der Waals surface area contributed by atoms with E-state index in [1.807, 2.05) is 32.0 Å². The third kappa shape index (κ3) is 8.95. The van der Waals surface area contributed by atoms with E-state index in [1.54, 1.807) is 13.8 Å². The Morgan fingerprint density at radius 3 is 2.00 bits per heavy atom. The van der Waals surface area contributed by atoms with Crippen LogP contribution in [0.4, 0.5) is 0 Å². The van der Waals surface area contributed by atoms with Crippen LogP contribution in [0.2, 0.25) is 0 Å². The van der Waals surface area contributed by atoms with Gasteiger partial charge in [-0.05, 0) is 57.7 Å². The van der Waals surface area contributed by atoms with Gasteiger partial charge >= 0.3 is 29.8 Å². The summed E-state index contributed by atoms with van der Waals surface area (Å²) in [7, 11) is 0. The van der Waals surface area contributed by atoms with Crippen LogP contribution < -0.4 is 4.74 Å². The van der Waals surface area contributed by atoms with Gasteiger partial charge in [0.25, 0.3) is 0 Å². The number of carboxylic acids is 1. The number of hydrogen-bond donors (Lipinski definition) is 1. The molecule has 2 rings (SSSR count). The Bertz CT molecular complexity index is 1080. The van der Waals surface area contributed by atoms with Gasteiger partial charge in [-0.25, -0.2) is 4.79 Å². The van der Waals surface area contributed by atoms with E-state index in [0.717, 1.165) is 37.6 Å². The first-order valence-corrected chi connectivity index (χ1v) is 12.4. The fourth-order valence-electron chi connectivity index (χ4n) is 3.99. The van der Waals surface area contributed by atoms with Gasteiger partial charge < -0.3 is 33.5 Å². The second kappa shape index (κ2) is 13.4. The number of hydrogen-bond acceptors (Lipinski definition) is 11. The van der Waals surface area contributed by atoms with Gasteiger partial charge in [0.2, 0.25) is 12.4 Å². The molecule has 39 heavy (non-hydrogen) atoms. The first-order valence-electron chi connectivity index (χ1n) is 12.4. The van der Waals surface area contributed by atoms with Crippen LogP contribution in [0.15, 0.2) is 18.2 Å². The predicted molar refractivity (Wildman–Crippen MR) is 133 cm³/mol. The van der Waals surface area contributed by atoms with E-state index >= 15 is 0 Å². The van der Waals surface area contributed by atoms with Crippen LogP contribution in [0.3, 0.4) is 0 Å². The number of rotatable bonds is 11. The summed E-state index contributed by atoms with van der Waals surface area (Å²) in [6, 6.07) is 5.86. The Labute approximate surface area is 226 Å². The van der Waals surface area contributed by atoms with Crippen molar-refractivity contribution in [2.24, 2.45) is 5.41 Å². The van der Waals surface area contributed by atoms with E-state index in [1.165, 1.54) is 0 Å². The van der Waals surface area contributed by atoms with Crippen LogP contribution in [0.5, 0.6) is 5.75 Å². The number of esters is 4. The van der Waals surface area contributed by atoms with Gasteiger partial charge in [0.1, 0.15) is 5.75 Å². The van der Waals surface area contributed by atoms with E-state index in [-0.39, 0.29) is 0 Å². The van der Waals surface area contributed by atoms with E-state index < -0.39 is 66.0 Å². The molecule has 1 saturated heterocycles. The van der Waals surface area contributed by atoms with Crippen LogP contribution in [0, 0.1) is 19.3 Å². The highest BCUT2D eigenvalue weighted by Crippen LogP contribution is 2.33. The van der Waals surface area contributed by atoms with E-state index in [2.05, 4.69) is 0 Å². The molecule has 0 bridgehead atoms. The Morgan fingerprint density at radius 2 is 1.44 bits per heavy atom. The fraction of sp³-hybridized carbons (Fsp3) is 0.593. The number of ether oxygens (including phenoxy) is 6. The number of carbonyl (C=O) groups is 5. The quantitative estimate of drug-likeness (QED) is 0.243. The summed E-state index contributed by atoms with van der Waals surface area (Å²) in [5, 5.41) is 9.71. The Kier molecular flexibility index (Phi) is 10.8. The molecule has 0 unspecified atom stereocenters. The number of benzene rings is 1. The van der Waals surface area contributed by atoms with Crippen molar-refractivity contribution >= 4 is 29.8 Å². The van der Waals surface area contributed by atoms with Crippen molar-refractivity contribution in [1.29, 1.82) is 0 Å². The topological polar surface area (TPSA) is 161 Å². The number of carbonyl (C=O) groups excluding carboxylic acids is 4. The lowest BCUT2D eigenvalue weighted by Crippen LogP contribution is -2.64. The summed E-state index contributed by atoms with van der Waals surface area (Å²) in [6.45, 7) is 10.6. The summed E-state index contributed by atoms with van der Waals surface area (Å²) < 4.78 is 32.3. The molecule has 0 spiro atoms. The molecule has 0 amide bonds. The highest BCUT2D eigenvalue weighted by Gasteiger charge is 2.56. The maximum absolute atomic E-state index is 13.2. The van der Waals surface area contributed by atoms with Crippen LogP contribution in [0.25, 0.3) is 0 Å². The molecule has 5 atom stereocenters. The molecule has 1 aromatic rings. The molecule has 0 radical (unpaired) electrons. The lowest BCUT2D eigenvalue weighted by molar-refractivity contribution is -0.296. The molecule has 1 fully saturated rings. The zero-order chi connectivity index (χ0) is 29.5. The van der Waals surface area contributed by atoms with Crippen molar-refractivity contribution in [2.45, 2.75) is 92.0 Å². The van der Waals surface area contributed by atoms with Gasteiger partial charge in [-0.3, -0.25) is 19.2 Å². The summed E-state index contributed by atoms with van der Waals surface area (Å²) in [5.41, 5.74) is 0.946. The minimum absolute atomic E-state index is 0.327. The highest BCUT2D eigenvalue weighted by atomic mass is 16.7. The van der Waals surface area contributed by atoms with Crippen LogP contribution in [-0.2, 0) is 47.7 Å². The molecular formula is C27H36O12. The lowest BCUT2D eigenvalue weighted by atomic mass is 9.88. The van der Waals surface area contributed by atoms with Crippen molar-refractivity contribution in [2.75, 3.05) is 6.61 Å². The fourth-order valence-corrected chi connectivity index (χ4v) is 3.99. The van der Waals surface area contributed by atoms with Crippen molar-refractivity contribution in [1.82, 2.24) is 0 Å². The molecule has 1 aliphatic heterocycles. The summed E-state index contributed by atoms with van der Waals surface area (Å²) >= 11 is 0. The maximum Gasteiger partial charge on any atom is 0.337 e. The third-order valence-corrected chi connectivity index (χ3v) is 5.97. The van der Waals surface area contributed by atoms with Gasteiger partial charge in [-0.2, -0.15) is 0 Å². The van der Waals surface area contributed by atoms with E-state index in [4.69, 9.17) is 28.4 Å². The minimum atomic E-state index is -1.89. The maximum atomic E-state index is 13.2. The number of aryl methyl sites for hydroxylation is 2. The second-order valence-electron chi connectivity index (χ2n) is 10.00. The van der Waals surface area contributed by atoms with E-state index in [0.29, 0.717) is 19.4 Å². The van der Waals surface area contributed by atoms with Crippen LogP contribution in [-0.4, -0.2) is 72.3 Å². The molecule has 1 aliphatic rings. The SMILES string of the molecule is CC(=O)O[C@@H]1[C@@H](OC(C)=O)[C@H](OC(=O)C(C)(C)CCCOc2cc(C)ccc2C)O[C@H](C(=O)O)[C@H]1OC(C)=O. The van der Waals surface area contributed by atoms with Gasteiger partial charge in [-0.1, -0.05) is 12.1 Å². The van der Waals surface area contributed by atoms with Crippen molar-refractivity contribution in [3.05, 3.63) is 29.3 Å². The molecule has 0 aliphatic carbocycles. The molecule has 216 valence electrons. The van der Waals surface area contributed by atoms with Gasteiger partial charge in [-0.15, -0.1) is 0 Å². The summed E-state index contributed by atoms with van der Waals surface area (Å²) in [6.07, 6.45) is -7.78. The Hall–Kier alpha value is -3.67. The van der Waals surface area contributed by atoms with Crippen molar-refractivity contribution in [3.63, 3.8) is 0 Å². The zero-order valence-corrected chi connectivity index (χ0v) is 23.2. The first kappa shape index (κ1) is 31.5. The Balaban J connectivity index is 2.20. The largest absolute Gasteiger partial charge is 0.493 e. The molecular weight excluding hydrogens is 516 g/mol. The third-order valence-electron chi connectivity index (χ3n) is 5.97. The molecule has 0 aromatic heterocycles. The monoisotopic (exact) mass is 552 g/mol. The molecule has 1 N–H and O–H groups in total. The zero-order valence-electron chi connectivity index (χ0n) is 23.2. The van der Waals surface area contributed by atoms with Gasteiger partial charge in [0, 0.05) is 20.8 Å². The first-order chi connectivity index (χ1) is 18.1. The standard InChI is InChI=1S/C27H36O12/c1-14-9-10-15(2)19(13-14)34-12-8-11-27(6,7)26(33)39-25-23(37-18(5)30)21(36-17(4)29)20(35-16(3)28)22(38-25)24(31)32/h9-10,13,20-23,25H,8,11-12H2,1-7H3,(H,31,32)/t20-,21-,22-,23+,25-/m0/s1. The molecule has 12 nitrogen and oxygen atoms in total. The second-order valence-corrected chi connectivity index (χ2v) is 10.00. The minimum Gasteiger partial charge on any atom is -0.493 e. The average Bonchev–Trinajstić information content (AvgIpc) is 2.81. The molecule has 1 aromatic carbocycles. The molecule has 1 heterocycles. The van der Waals surface area contributed by atoms with Crippen molar-refractivity contribution in [3.8, 4) is 5.75 Å². The summed E-state index contributed by atoms with van der Waals surface area (Å²) in [5.74, 6) is -4.26. The van der Waals surface area contributed by atoms with E-state index in [9.17, 15) is 29.1 Å². The normalized spacial score (nSPS) is 22.8. The van der Waals surface area contributed by atoms with Crippen molar-refractivity contribution < 1.29 is 57.5 Å². The predicted octanol–water partition coefficient (Wildman–Crippen LogP) is 2.64. The number of carboxylic acid groups (broad SMARTS) is 1. The molecule has 12 heteroatoms. The molecule has 0 saturated carbocycles. The highest BCUT2D eigenvalue weighted by molar-refractivity contribution is 5.77. The van der Waals surface area contributed by atoms with Crippen LogP contribution >= 0.6 is 0 Å². The van der Waals surface area contributed by atoms with Crippen LogP contribution in [0.1, 0.15) is 58.6 Å². The average molecular weight is 553 g/mol. The Morgan fingerprint density at radius 1 is 0.872 bits per heavy atom. The van der Waals surface area contributed by atoms with Gasteiger partial charge in [0.05, 0.1) is 12.0 Å². The summed E-state index contributed by atoms with van der Waals surface area (Å²) in [4.78, 5) is 60.5. The van der Waals surface area contributed by atoms with Gasteiger partial charge in [0.15, 0.2) is 18.3 Å². The lowest BCUT2D eigenvalue weighted by Gasteiger charge is -2.43. The number of aliphatic carboxylic acids is 1. The smallest absolute Gasteiger partial charge is 0.337 e.